The van der Waals surface area contributed by atoms with E-state index in [0.29, 0.717) is 0 Å². The second kappa shape index (κ2) is 2.76. The fraction of sp³-hybridized carbons (Fsp3) is 0.714. The molecule has 0 unspecified atom stereocenters. The molecular weight excluding hydrogens is 112 g/mol. The summed E-state index contributed by atoms with van der Waals surface area (Å²) in [6.45, 7) is 6.48. The van der Waals surface area contributed by atoms with Crippen LogP contribution in [0.3, 0.4) is 0 Å². The maximum atomic E-state index is 3.28. The van der Waals surface area contributed by atoms with Crippen molar-refractivity contribution in [3.63, 3.8) is 0 Å². The third-order valence-corrected chi connectivity index (χ3v) is 1.69. The van der Waals surface area contributed by atoms with E-state index in [1.165, 1.54) is 11.4 Å². The lowest BCUT2D eigenvalue weighted by molar-refractivity contribution is 0.887. The minimum absolute atomic E-state index is 1.08. The monoisotopic (exact) mass is 126 g/mol. The van der Waals surface area contributed by atoms with E-state index in [-0.39, 0.29) is 0 Å². The van der Waals surface area contributed by atoms with Crippen molar-refractivity contribution in [1.82, 2.24) is 10.6 Å². The van der Waals surface area contributed by atoms with E-state index >= 15 is 0 Å². The van der Waals surface area contributed by atoms with Crippen molar-refractivity contribution < 1.29 is 0 Å². The first-order chi connectivity index (χ1) is 4.34. The zero-order chi connectivity index (χ0) is 6.69. The normalized spacial score (nSPS) is 16.9. The summed E-state index contributed by atoms with van der Waals surface area (Å²) in [4.78, 5) is 0. The Bertz CT molecular complexity index is 119. The summed E-state index contributed by atoms with van der Waals surface area (Å²) >= 11 is 0. The fourth-order valence-corrected chi connectivity index (χ4v) is 0.916. The van der Waals surface area contributed by atoms with E-state index < -0.39 is 0 Å². The van der Waals surface area contributed by atoms with Crippen molar-refractivity contribution in [2.24, 2.45) is 0 Å². The first kappa shape index (κ1) is 6.46. The molecule has 2 N–H and O–H groups in total. The smallest absolute Gasteiger partial charge is 0.0976 e. The van der Waals surface area contributed by atoms with Crippen LogP contribution in [0.5, 0.6) is 0 Å². The number of hydrogen-bond donors (Lipinski definition) is 2. The molecule has 0 aromatic carbocycles. The van der Waals surface area contributed by atoms with Crippen LogP contribution in [0.25, 0.3) is 0 Å². The number of hydrogen-bond acceptors (Lipinski definition) is 2. The molecule has 0 saturated carbocycles. The highest BCUT2D eigenvalue weighted by Gasteiger charge is 2.04. The standard InChI is InChI=1S/C7H14N2/c1-3-6(2)7-8-4-5-9-7/h8-9H,3-5H2,1-2H3. The summed E-state index contributed by atoms with van der Waals surface area (Å²) in [6, 6.07) is 0. The van der Waals surface area contributed by atoms with Crippen LogP contribution in [0.1, 0.15) is 20.3 Å². The highest BCUT2D eigenvalue weighted by atomic mass is 15.2. The molecule has 0 atom stereocenters. The van der Waals surface area contributed by atoms with Gasteiger partial charge in [0, 0.05) is 13.1 Å². The Labute approximate surface area is 56.3 Å². The van der Waals surface area contributed by atoms with Gasteiger partial charge >= 0.3 is 0 Å². The Balaban J connectivity index is 2.55. The average Bonchev–Trinajstić information content (AvgIpc) is 2.37. The molecular formula is C7H14N2. The topological polar surface area (TPSA) is 24.1 Å². The van der Waals surface area contributed by atoms with E-state index in [1.807, 2.05) is 0 Å². The lowest BCUT2D eigenvalue weighted by Gasteiger charge is -2.02. The Hall–Kier alpha value is -0.660. The second-order valence-electron chi connectivity index (χ2n) is 2.36. The van der Waals surface area contributed by atoms with Crippen LogP contribution >= 0.6 is 0 Å². The Morgan fingerprint density at radius 2 is 2.00 bits per heavy atom. The molecule has 1 saturated heterocycles. The Kier molecular flexibility index (Phi) is 1.98. The molecule has 0 spiro atoms. The summed E-state index contributed by atoms with van der Waals surface area (Å²) in [5.41, 5.74) is 1.42. The van der Waals surface area contributed by atoms with Crippen LogP contribution in [0, 0.1) is 0 Å². The van der Waals surface area contributed by atoms with Crippen LogP contribution in [0.15, 0.2) is 11.4 Å². The van der Waals surface area contributed by atoms with Gasteiger partial charge in [-0.15, -0.1) is 0 Å². The van der Waals surface area contributed by atoms with Gasteiger partial charge in [0.1, 0.15) is 0 Å². The van der Waals surface area contributed by atoms with E-state index in [1.54, 1.807) is 0 Å². The van der Waals surface area contributed by atoms with E-state index in [4.69, 9.17) is 0 Å². The summed E-state index contributed by atoms with van der Waals surface area (Å²) < 4.78 is 0. The lowest BCUT2D eigenvalue weighted by atomic mass is 10.2. The summed E-state index contributed by atoms with van der Waals surface area (Å²) in [7, 11) is 0. The van der Waals surface area contributed by atoms with Gasteiger partial charge < -0.3 is 10.6 Å². The summed E-state index contributed by atoms with van der Waals surface area (Å²) in [5.74, 6) is 1.25. The molecule has 1 aliphatic heterocycles. The highest BCUT2D eigenvalue weighted by Crippen LogP contribution is 2.03. The lowest BCUT2D eigenvalue weighted by Crippen LogP contribution is -2.12. The van der Waals surface area contributed by atoms with Gasteiger partial charge in [0.25, 0.3) is 0 Å². The van der Waals surface area contributed by atoms with Crippen LogP contribution in [-0.4, -0.2) is 13.1 Å². The molecule has 2 nitrogen and oxygen atoms in total. The first-order valence-electron chi connectivity index (χ1n) is 3.52. The molecule has 2 heteroatoms. The van der Waals surface area contributed by atoms with Crippen molar-refractivity contribution >= 4 is 0 Å². The van der Waals surface area contributed by atoms with Gasteiger partial charge in [-0.05, 0) is 18.9 Å². The van der Waals surface area contributed by atoms with Crippen LogP contribution in [0.4, 0.5) is 0 Å². The molecule has 1 rings (SSSR count). The molecule has 9 heavy (non-hydrogen) atoms. The quantitative estimate of drug-likeness (QED) is 0.543. The molecule has 0 amide bonds. The van der Waals surface area contributed by atoms with Gasteiger partial charge in [-0.25, -0.2) is 0 Å². The number of rotatable bonds is 1. The zero-order valence-corrected chi connectivity index (χ0v) is 6.12. The van der Waals surface area contributed by atoms with Crippen molar-refractivity contribution in [3.05, 3.63) is 11.4 Å². The molecule has 1 aliphatic rings. The van der Waals surface area contributed by atoms with E-state index in [0.717, 1.165) is 19.5 Å². The van der Waals surface area contributed by atoms with Gasteiger partial charge in [0.05, 0.1) is 5.82 Å². The molecule has 0 aliphatic carbocycles. The minimum atomic E-state index is 1.08. The number of nitrogens with one attached hydrogen (secondary N) is 2. The minimum Gasteiger partial charge on any atom is -0.370 e. The Morgan fingerprint density at radius 1 is 1.44 bits per heavy atom. The fourth-order valence-electron chi connectivity index (χ4n) is 0.916. The molecule has 0 aromatic heterocycles. The molecule has 52 valence electrons. The molecule has 0 bridgehead atoms. The highest BCUT2D eigenvalue weighted by molar-refractivity contribution is 5.10. The van der Waals surface area contributed by atoms with Gasteiger partial charge in [-0.3, -0.25) is 0 Å². The maximum Gasteiger partial charge on any atom is 0.0976 e. The summed E-state index contributed by atoms with van der Waals surface area (Å²) in [6.07, 6.45) is 1.13. The van der Waals surface area contributed by atoms with Gasteiger partial charge in [0.2, 0.25) is 0 Å². The zero-order valence-electron chi connectivity index (χ0n) is 6.12. The predicted octanol–water partition coefficient (Wildman–Crippen LogP) is 0.821. The van der Waals surface area contributed by atoms with Crippen molar-refractivity contribution in [2.75, 3.05) is 13.1 Å². The SMILES string of the molecule is CCC(C)=C1NCCN1. The van der Waals surface area contributed by atoms with Crippen molar-refractivity contribution in [1.29, 1.82) is 0 Å². The largest absolute Gasteiger partial charge is 0.370 e. The van der Waals surface area contributed by atoms with Gasteiger partial charge in [-0.2, -0.15) is 0 Å². The second-order valence-corrected chi connectivity index (χ2v) is 2.36. The van der Waals surface area contributed by atoms with Gasteiger partial charge in [0.15, 0.2) is 0 Å². The molecule has 1 heterocycles. The van der Waals surface area contributed by atoms with Crippen molar-refractivity contribution in [3.8, 4) is 0 Å². The van der Waals surface area contributed by atoms with E-state index in [2.05, 4.69) is 24.5 Å². The first-order valence-corrected chi connectivity index (χ1v) is 3.52. The van der Waals surface area contributed by atoms with Crippen molar-refractivity contribution in [2.45, 2.75) is 20.3 Å². The predicted molar refractivity (Wildman–Crippen MR) is 39.0 cm³/mol. The maximum absolute atomic E-state index is 3.28. The Morgan fingerprint density at radius 3 is 2.44 bits per heavy atom. The molecule has 0 aromatic rings. The van der Waals surface area contributed by atoms with Gasteiger partial charge in [-0.1, -0.05) is 6.92 Å². The number of allylic oxidation sites excluding steroid dienone is 1. The third-order valence-electron chi connectivity index (χ3n) is 1.69. The summed E-state index contributed by atoms with van der Waals surface area (Å²) in [5, 5.41) is 6.55. The van der Waals surface area contributed by atoms with Crippen LogP contribution in [0.2, 0.25) is 0 Å². The average molecular weight is 126 g/mol. The molecule has 1 fully saturated rings. The van der Waals surface area contributed by atoms with Crippen LogP contribution < -0.4 is 10.6 Å². The van der Waals surface area contributed by atoms with E-state index in [9.17, 15) is 0 Å². The third kappa shape index (κ3) is 1.37. The van der Waals surface area contributed by atoms with Crippen LogP contribution in [-0.2, 0) is 0 Å². The molecule has 0 radical (unpaired) electrons.